The van der Waals surface area contributed by atoms with Crippen LogP contribution in [0.4, 0.5) is 0 Å². The Labute approximate surface area is 120 Å². The molecule has 1 saturated heterocycles. The van der Waals surface area contributed by atoms with Gasteiger partial charge in [-0.3, -0.25) is 14.9 Å². The number of H-pyrrole nitrogens is 1. The molecule has 4 heteroatoms. The number of hydrogen-bond donors (Lipinski definition) is 1. The first-order valence-electron chi connectivity index (χ1n) is 7.55. The lowest BCUT2D eigenvalue weighted by atomic mass is 10.1. The van der Waals surface area contributed by atoms with Crippen molar-refractivity contribution in [2.75, 3.05) is 19.6 Å². The molecular formula is C16H24N4. The standard InChI is InChI=1S/C16H24N4/c1-12(2)19-8-9-20(13(3)10-19)11-16-14-6-4-5-7-15(14)17-18-16/h4-7,12-13H,8-11H2,1-3H3,(H,17,18)/t13-/m0/s1. The van der Waals surface area contributed by atoms with Gasteiger partial charge >= 0.3 is 0 Å². The monoisotopic (exact) mass is 272 g/mol. The molecule has 4 nitrogen and oxygen atoms in total. The van der Waals surface area contributed by atoms with Crippen molar-refractivity contribution < 1.29 is 0 Å². The summed E-state index contributed by atoms with van der Waals surface area (Å²) in [6.45, 7) is 11.3. The first kappa shape index (κ1) is 13.6. The number of nitrogens with zero attached hydrogens (tertiary/aromatic N) is 3. The maximum absolute atomic E-state index is 4.39. The Kier molecular flexibility index (Phi) is 3.76. The summed E-state index contributed by atoms with van der Waals surface area (Å²) in [4.78, 5) is 5.12. The normalized spacial score (nSPS) is 21.9. The Morgan fingerprint density at radius 1 is 1.30 bits per heavy atom. The molecule has 1 N–H and O–H groups in total. The van der Waals surface area contributed by atoms with Crippen LogP contribution >= 0.6 is 0 Å². The van der Waals surface area contributed by atoms with Crippen molar-refractivity contribution in [1.29, 1.82) is 0 Å². The number of benzene rings is 1. The molecule has 0 amide bonds. The number of piperazine rings is 1. The molecule has 1 aromatic heterocycles. The van der Waals surface area contributed by atoms with Gasteiger partial charge in [-0.25, -0.2) is 0 Å². The van der Waals surface area contributed by atoms with Gasteiger partial charge in [0.25, 0.3) is 0 Å². The fourth-order valence-electron chi connectivity index (χ4n) is 3.07. The summed E-state index contributed by atoms with van der Waals surface area (Å²) in [6, 6.07) is 9.58. The minimum atomic E-state index is 0.591. The molecule has 20 heavy (non-hydrogen) atoms. The zero-order valence-electron chi connectivity index (χ0n) is 12.6. The van der Waals surface area contributed by atoms with Crippen molar-refractivity contribution in [3.63, 3.8) is 0 Å². The summed E-state index contributed by atoms with van der Waals surface area (Å²) in [7, 11) is 0. The van der Waals surface area contributed by atoms with Crippen LogP contribution in [0.15, 0.2) is 24.3 Å². The lowest BCUT2D eigenvalue weighted by Gasteiger charge is -2.41. The lowest BCUT2D eigenvalue weighted by molar-refractivity contribution is 0.0591. The van der Waals surface area contributed by atoms with Gasteiger partial charge in [0.2, 0.25) is 0 Å². The van der Waals surface area contributed by atoms with Crippen LogP contribution in [-0.2, 0) is 6.54 Å². The van der Waals surface area contributed by atoms with Gasteiger partial charge in [0, 0.05) is 43.6 Å². The molecule has 1 aliphatic rings. The van der Waals surface area contributed by atoms with Gasteiger partial charge in [-0.2, -0.15) is 5.10 Å². The van der Waals surface area contributed by atoms with Gasteiger partial charge in [0.15, 0.2) is 0 Å². The van der Waals surface area contributed by atoms with Crippen LogP contribution < -0.4 is 0 Å². The zero-order valence-corrected chi connectivity index (χ0v) is 12.6. The van der Waals surface area contributed by atoms with Crippen LogP contribution in [0, 0.1) is 0 Å². The van der Waals surface area contributed by atoms with Crippen molar-refractivity contribution >= 4 is 10.9 Å². The summed E-state index contributed by atoms with van der Waals surface area (Å²) >= 11 is 0. The van der Waals surface area contributed by atoms with Crippen molar-refractivity contribution in [3.8, 4) is 0 Å². The largest absolute Gasteiger partial charge is 0.298 e. The van der Waals surface area contributed by atoms with Crippen LogP contribution in [0.2, 0.25) is 0 Å². The van der Waals surface area contributed by atoms with E-state index in [0.29, 0.717) is 12.1 Å². The van der Waals surface area contributed by atoms with E-state index in [2.05, 4.69) is 59.0 Å². The van der Waals surface area contributed by atoms with Gasteiger partial charge in [-0.1, -0.05) is 18.2 Å². The van der Waals surface area contributed by atoms with Crippen LogP contribution in [-0.4, -0.2) is 51.7 Å². The van der Waals surface area contributed by atoms with Crippen LogP contribution in [0.1, 0.15) is 26.5 Å². The predicted molar refractivity (Wildman–Crippen MR) is 82.7 cm³/mol. The predicted octanol–water partition coefficient (Wildman–Crippen LogP) is 2.48. The van der Waals surface area contributed by atoms with Crippen molar-refractivity contribution in [2.45, 2.75) is 39.4 Å². The van der Waals surface area contributed by atoms with E-state index in [1.165, 1.54) is 11.1 Å². The van der Waals surface area contributed by atoms with E-state index >= 15 is 0 Å². The van der Waals surface area contributed by atoms with E-state index in [4.69, 9.17) is 0 Å². The number of aromatic amines is 1. The second-order valence-electron chi connectivity index (χ2n) is 6.13. The lowest BCUT2D eigenvalue weighted by Crippen LogP contribution is -2.53. The topological polar surface area (TPSA) is 35.2 Å². The molecule has 1 atom stereocenters. The van der Waals surface area contributed by atoms with E-state index in [-0.39, 0.29) is 0 Å². The highest BCUT2D eigenvalue weighted by atomic mass is 15.3. The van der Waals surface area contributed by atoms with Crippen LogP contribution in [0.25, 0.3) is 10.9 Å². The van der Waals surface area contributed by atoms with Crippen molar-refractivity contribution in [3.05, 3.63) is 30.0 Å². The third-order valence-corrected chi connectivity index (χ3v) is 4.43. The number of nitrogens with one attached hydrogen (secondary N) is 1. The number of fused-ring (bicyclic) bond motifs is 1. The van der Waals surface area contributed by atoms with Gasteiger partial charge in [0.1, 0.15) is 0 Å². The Morgan fingerprint density at radius 2 is 2.10 bits per heavy atom. The Morgan fingerprint density at radius 3 is 2.85 bits per heavy atom. The fraction of sp³-hybridized carbons (Fsp3) is 0.562. The highest BCUT2D eigenvalue weighted by molar-refractivity contribution is 5.81. The third kappa shape index (κ3) is 2.58. The average Bonchev–Trinajstić information content (AvgIpc) is 2.84. The molecule has 0 spiro atoms. The summed E-state index contributed by atoms with van der Waals surface area (Å²) in [5.41, 5.74) is 2.31. The first-order chi connectivity index (χ1) is 9.65. The molecule has 2 aromatic rings. The summed E-state index contributed by atoms with van der Waals surface area (Å²) in [5, 5.41) is 8.86. The minimum Gasteiger partial charge on any atom is -0.298 e. The first-order valence-corrected chi connectivity index (χ1v) is 7.55. The SMILES string of the molecule is CC(C)N1CCN(Cc2[nH]nc3ccccc23)[C@@H](C)C1. The number of rotatable bonds is 3. The Hall–Kier alpha value is -1.39. The Bertz CT molecular complexity index is 575. The van der Waals surface area contributed by atoms with E-state index < -0.39 is 0 Å². The molecule has 0 radical (unpaired) electrons. The Balaban J connectivity index is 1.72. The fourth-order valence-corrected chi connectivity index (χ4v) is 3.07. The van der Waals surface area contributed by atoms with Gasteiger partial charge in [-0.05, 0) is 26.8 Å². The second-order valence-corrected chi connectivity index (χ2v) is 6.13. The smallest absolute Gasteiger partial charge is 0.0924 e. The maximum Gasteiger partial charge on any atom is 0.0924 e. The summed E-state index contributed by atoms with van der Waals surface area (Å²) < 4.78 is 0. The molecule has 0 aliphatic carbocycles. The van der Waals surface area contributed by atoms with E-state index in [1.807, 2.05) is 6.07 Å². The molecule has 0 saturated carbocycles. The minimum absolute atomic E-state index is 0.591. The molecule has 1 fully saturated rings. The molecule has 0 bridgehead atoms. The molecule has 2 heterocycles. The number of aromatic nitrogens is 2. The highest BCUT2D eigenvalue weighted by Gasteiger charge is 2.25. The van der Waals surface area contributed by atoms with E-state index in [1.54, 1.807) is 0 Å². The van der Waals surface area contributed by atoms with Crippen molar-refractivity contribution in [1.82, 2.24) is 20.0 Å². The third-order valence-electron chi connectivity index (χ3n) is 4.43. The van der Waals surface area contributed by atoms with Gasteiger partial charge < -0.3 is 0 Å². The van der Waals surface area contributed by atoms with Gasteiger partial charge in [0.05, 0.1) is 11.2 Å². The number of para-hydroxylation sites is 1. The molecule has 3 rings (SSSR count). The number of hydrogen-bond acceptors (Lipinski definition) is 3. The zero-order chi connectivity index (χ0) is 14.1. The molecule has 1 aliphatic heterocycles. The second kappa shape index (κ2) is 5.54. The maximum atomic E-state index is 4.39. The highest BCUT2D eigenvalue weighted by Crippen LogP contribution is 2.20. The van der Waals surface area contributed by atoms with Crippen LogP contribution in [0.3, 0.4) is 0 Å². The molecule has 108 valence electrons. The molecular weight excluding hydrogens is 248 g/mol. The molecule has 0 unspecified atom stereocenters. The van der Waals surface area contributed by atoms with Gasteiger partial charge in [-0.15, -0.1) is 0 Å². The molecule has 1 aromatic carbocycles. The quantitative estimate of drug-likeness (QED) is 0.932. The van der Waals surface area contributed by atoms with Crippen molar-refractivity contribution in [2.24, 2.45) is 0 Å². The van der Waals surface area contributed by atoms with E-state index in [9.17, 15) is 0 Å². The average molecular weight is 272 g/mol. The summed E-state index contributed by atoms with van der Waals surface area (Å²) in [6.07, 6.45) is 0. The van der Waals surface area contributed by atoms with Crippen LogP contribution in [0.5, 0.6) is 0 Å². The summed E-state index contributed by atoms with van der Waals surface area (Å²) in [5.74, 6) is 0. The van der Waals surface area contributed by atoms with E-state index in [0.717, 1.165) is 31.7 Å².